The maximum Gasteiger partial charge on any atom is 0.223 e. The van der Waals surface area contributed by atoms with Gasteiger partial charge in [-0.1, -0.05) is 6.07 Å². The van der Waals surface area contributed by atoms with Crippen LogP contribution < -0.4 is 4.90 Å². The zero-order valence-electron chi connectivity index (χ0n) is 9.95. The minimum absolute atomic E-state index is 0.0620. The SMILES string of the molecule is CC(=O)N1CCc2cc3c(cc21)C(=O)CCC3. The van der Waals surface area contributed by atoms with E-state index in [9.17, 15) is 9.59 Å². The molecule has 17 heavy (non-hydrogen) atoms. The summed E-state index contributed by atoms with van der Waals surface area (Å²) in [6.45, 7) is 2.33. The highest BCUT2D eigenvalue weighted by molar-refractivity contribution is 6.01. The van der Waals surface area contributed by atoms with Crippen molar-refractivity contribution in [1.82, 2.24) is 0 Å². The van der Waals surface area contributed by atoms with Crippen LogP contribution in [0.25, 0.3) is 0 Å². The smallest absolute Gasteiger partial charge is 0.223 e. The Kier molecular flexibility index (Phi) is 2.28. The molecule has 1 amide bonds. The molecule has 1 aliphatic carbocycles. The summed E-state index contributed by atoms with van der Waals surface area (Å²) >= 11 is 0. The number of fused-ring (bicyclic) bond motifs is 2. The summed E-state index contributed by atoms with van der Waals surface area (Å²) in [5, 5.41) is 0. The lowest BCUT2D eigenvalue weighted by Gasteiger charge is -2.19. The molecule has 88 valence electrons. The van der Waals surface area contributed by atoms with Crippen molar-refractivity contribution in [2.24, 2.45) is 0 Å². The van der Waals surface area contributed by atoms with Gasteiger partial charge in [-0.05, 0) is 36.5 Å². The number of aryl methyl sites for hydroxylation is 1. The van der Waals surface area contributed by atoms with Crippen molar-refractivity contribution in [2.75, 3.05) is 11.4 Å². The van der Waals surface area contributed by atoms with Gasteiger partial charge in [0, 0.05) is 31.1 Å². The highest BCUT2D eigenvalue weighted by Gasteiger charge is 2.26. The Labute approximate surface area is 100 Å². The summed E-state index contributed by atoms with van der Waals surface area (Å²) in [6.07, 6.45) is 3.51. The normalized spacial score (nSPS) is 17.9. The van der Waals surface area contributed by atoms with E-state index in [4.69, 9.17) is 0 Å². The molecule has 0 saturated carbocycles. The average Bonchev–Trinajstić information content (AvgIpc) is 2.70. The summed E-state index contributed by atoms with van der Waals surface area (Å²) in [6, 6.07) is 4.06. The van der Waals surface area contributed by atoms with E-state index in [0.29, 0.717) is 6.42 Å². The Morgan fingerprint density at radius 3 is 2.76 bits per heavy atom. The van der Waals surface area contributed by atoms with Crippen LogP contribution in [-0.4, -0.2) is 18.2 Å². The fourth-order valence-corrected chi connectivity index (χ4v) is 2.86. The molecule has 3 nitrogen and oxygen atoms in total. The number of carbonyl (C=O) groups is 2. The van der Waals surface area contributed by atoms with E-state index in [2.05, 4.69) is 6.07 Å². The van der Waals surface area contributed by atoms with E-state index in [1.54, 1.807) is 11.8 Å². The van der Waals surface area contributed by atoms with E-state index in [1.165, 1.54) is 11.1 Å². The number of amides is 1. The molecule has 3 rings (SSSR count). The maximum atomic E-state index is 11.9. The number of hydrogen-bond acceptors (Lipinski definition) is 2. The highest BCUT2D eigenvalue weighted by Crippen LogP contribution is 2.34. The Morgan fingerprint density at radius 1 is 1.18 bits per heavy atom. The van der Waals surface area contributed by atoms with Gasteiger partial charge in [0.25, 0.3) is 0 Å². The number of hydrogen-bond donors (Lipinski definition) is 0. The monoisotopic (exact) mass is 229 g/mol. The lowest BCUT2D eigenvalue weighted by Crippen LogP contribution is -2.26. The molecule has 1 aromatic rings. The first kappa shape index (κ1) is 10.5. The minimum atomic E-state index is 0.0620. The molecule has 0 N–H and O–H groups in total. The van der Waals surface area contributed by atoms with E-state index in [-0.39, 0.29) is 11.7 Å². The molecule has 0 bridgehead atoms. The lowest BCUT2D eigenvalue weighted by molar-refractivity contribution is -0.116. The van der Waals surface area contributed by atoms with Gasteiger partial charge in [-0.25, -0.2) is 0 Å². The van der Waals surface area contributed by atoms with Crippen LogP contribution in [0, 0.1) is 0 Å². The summed E-state index contributed by atoms with van der Waals surface area (Å²) in [5.74, 6) is 0.288. The van der Waals surface area contributed by atoms with Gasteiger partial charge in [-0.15, -0.1) is 0 Å². The Bertz CT molecular complexity index is 519. The van der Waals surface area contributed by atoms with Gasteiger partial charge in [0.2, 0.25) is 5.91 Å². The standard InChI is InChI=1S/C14H15NO2/c1-9(16)15-6-5-11-7-10-3-2-4-14(17)12(10)8-13(11)15/h7-8H,2-6H2,1H3. The summed E-state index contributed by atoms with van der Waals surface area (Å²) in [7, 11) is 0. The van der Waals surface area contributed by atoms with Crippen molar-refractivity contribution in [3.8, 4) is 0 Å². The van der Waals surface area contributed by atoms with Crippen molar-refractivity contribution in [3.05, 3.63) is 28.8 Å². The summed E-state index contributed by atoms with van der Waals surface area (Å²) < 4.78 is 0. The number of carbonyl (C=O) groups excluding carboxylic acids is 2. The second kappa shape index (κ2) is 3.69. The summed E-state index contributed by atoms with van der Waals surface area (Å²) in [5.41, 5.74) is 4.17. The lowest BCUT2D eigenvalue weighted by atomic mass is 9.88. The molecular weight excluding hydrogens is 214 g/mol. The number of nitrogens with zero attached hydrogens (tertiary/aromatic N) is 1. The van der Waals surface area contributed by atoms with Crippen LogP contribution in [-0.2, 0) is 17.6 Å². The number of benzene rings is 1. The third kappa shape index (κ3) is 1.57. The van der Waals surface area contributed by atoms with Gasteiger partial charge >= 0.3 is 0 Å². The average molecular weight is 229 g/mol. The number of Topliss-reactive ketones (excluding diaryl/α,β-unsaturated/α-hetero) is 1. The van der Waals surface area contributed by atoms with E-state index in [0.717, 1.165) is 37.1 Å². The second-order valence-corrected chi connectivity index (χ2v) is 4.84. The van der Waals surface area contributed by atoms with E-state index in [1.807, 2.05) is 6.07 Å². The van der Waals surface area contributed by atoms with Crippen LogP contribution in [0.1, 0.15) is 41.3 Å². The third-order valence-corrected chi connectivity index (χ3v) is 3.73. The van der Waals surface area contributed by atoms with Crippen LogP contribution in [0.3, 0.4) is 0 Å². The third-order valence-electron chi connectivity index (χ3n) is 3.73. The Hall–Kier alpha value is -1.64. The van der Waals surface area contributed by atoms with Gasteiger partial charge in [0.15, 0.2) is 5.78 Å². The largest absolute Gasteiger partial charge is 0.312 e. The highest BCUT2D eigenvalue weighted by atomic mass is 16.2. The van der Waals surface area contributed by atoms with Crippen LogP contribution in [0.5, 0.6) is 0 Å². The molecule has 0 atom stereocenters. The van der Waals surface area contributed by atoms with Gasteiger partial charge in [0.05, 0.1) is 0 Å². The Balaban J connectivity index is 2.12. The van der Waals surface area contributed by atoms with Gasteiger partial charge in [-0.2, -0.15) is 0 Å². The second-order valence-electron chi connectivity index (χ2n) is 4.84. The first-order valence-corrected chi connectivity index (χ1v) is 6.14. The van der Waals surface area contributed by atoms with Crippen molar-refractivity contribution >= 4 is 17.4 Å². The van der Waals surface area contributed by atoms with Crippen molar-refractivity contribution in [3.63, 3.8) is 0 Å². The molecule has 3 heteroatoms. The van der Waals surface area contributed by atoms with Crippen LogP contribution in [0.2, 0.25) is 0 Å². The number of ketones is 1. The molecule has 0 saturated heterocycles. The van der Waals surface area contributed by atoms with E-state index >= 15 is 0 Å². The topological polar surface area (TPSA) is 37.4 Å². The molecule has 0 fully saturated rings. The molecule has 1 aliphatic heterocycles. The molecule has 0 unspecified atom stereocenters. The molecule has 2 aliphatic rings. The predicted molar refractivity (Wildman–Crippen MR) is 65.4 cm³/mol. The number of anilines is 1. The van der Waals surface area contributed by atoms with Crippen molar-refractivity contribution in [1.29, 1.82) is 0 Å². The van der Waals surface area contributed by atoms with Crippen LogP contribution >= 0.6 is 0 Å². The molecular formula is C14H15NO2. The van der Waals surface area contributed by atoms with Gasteiger partial charge in [-0.3, -0.25) is 9.59 Å². The number of rotatable bonds is 0. The summed E-state index contributed by atoms with van der Waals surface area (Å²) in [4.78, 5) is 25.1. The first-order chi connectivity index (χ1) is 8.16. The van der Waals surface area contributed by atoms with E-state index < -0.39 is 0 Å². The van der Waals surface area contributed by atoms with Crippen LogP contribution in [0.4, 0.5) is 5.69 Å². The predicted octanol–water partition coefficient (Wildman–Crippen LogP) is 2.11. The molecule has 1 heterocycles. The molecule has 0 spiro atoms. The minimum Gasteiger partial charge on any atom is -0.312 e. The molecule has 1 aromatic carbocycles. The van der Waals surface area contributed by atoms with Gasteiger partial charge in [0.1, 0.15) is 0 Å². The molecule has 0 aromatic heterocycles. The van der Waals surface area contributed by atoms with Gasteiger partial charge < -0.3 is 4.90 Å². The Morgan fingerprint density at radius 2 is 2.00 bits per heavy atom. The fraction of sp³-hybridized carbons (Fsp3) is 0.429. The molecule has 0 radical (unpaired) electrons. The quantitative estimate of drug-likeness (QED) is 0.683. The van der Waals surface area contributed by atoms with Crippen molar-refractivity contribution in [2.45, 2.75) is 32.6 Å². The first-order valence-electron chi connectivity index (χ1n) is 6.14. The maximum absolute atomic E-state index is 11.9. The van der Waals surface area contributed by atoms with Crippen molar-refractivity contribution < 1.29 is 9.59 Å². The zero-order chi connectivity index (χ0) is 12.0. The fourth-order valence-electron chi connectivity index (χ4n) is 2.86. The zero-order valence-corrected chi connectivity index (χ0v) is 9.95. The van der Waals surface area contributed by atoms with Crippen LogP contribution in [0.15, 0.2) is 12.1 Å².